The van der Waals surface area contributed by atoms with Crippen molar-refractivity contribution in [3.63, 3.8) is 0 Å². The third-order valence-electron chi connectivity index (χ3n) is 2.40. The van der Waals surface area contributed by atoms with Gasteiger partial charge < -0.3 is 15.8 Å². The van der Waals surface area contributed by atoms with E-state index >= 15 is 0 Å². The highest BCUT2D eigenvalue weighted by Crippen LogP contribution is 2.03. The maximum absolute atomic E-state index is 11.5. The summed E-state index contributed by atoms with van der Waals surface area (Å²) in [6.07, 6.45) is 0.383. The van der Waals surface area contributed by atoms with Crippen molar-refractivity contribution in [1.29, 1.82) is 0 Å². The van der Waals surface area contributed by atoms with Crippen molar-refractivity contribution in [2.75, 3.05) is 13.2 Å². The number of hydrogen-bond donors (Lipinski definition) is 2. The van der Waals surface area contributed by atoms with Crippen LogP contribution in [0, 0.1) is 0 Å². The van der Waals surface area contributed by atoms with Crippen molar-refractivity contribution in [3.05, 3.63) is 35.9 Å². The number of hydrogen-bond acceptors (Lipinski definition) is 3. The summed E-state index contributed by atoms with van der Waals surface area (Å²) >= 11 is 0. The van der Waals surface area contributed by atoms with Crippen LogP contribution in [-0.4, -0.2) is 31.1 Å². The van der Waals surface area contributed by atoms with Crippen LogP contribution in [0.5, 0.6) is 0 Å². The minimum Gasteiger partial charge on any atom is -0.372 e. The minimum atomic E-state index is -0.708. The number of ether oxygens (including phenoxy) is 1. The molecule has 0 aromatic heterocycles. The van der Waals surface area contributed by atoms with Gasteiger partial charge in [0.2, 0.25) is 11.8 Å². The molecule has 0 radical (unpaired) electrons. The summed E-state index contributed by atoms with van der Waals surface area (Å²) < 4.78 is 4.96. The van der Waals surface area contributed by atoms with E-state index in [0.29, 0.717) is 13.0 Å². The van der Waals surface area contributed by atoms with E-state index in [4.69, 9.17) is 10.5 Å². The molecule has 0 saturated heterocycles. The Morgan fingerprint density at radius 1 is 1.33 bits per heavy atom. The average molecular weight is 250 g/mol. The second-order valence-corrected chi connectivity index (χ2v) is 3.85. The Balaban J connectivity index is 2.55. The zero-order valence-corrected chi connectivity index (χ0v) is 10.4. The quantitative estimate of drug-likeness (QED) is 0.727. The van der Waals surface area contributed by atoms with Gasteiger partial charge in [-0.1, -0.05) is 30.3 Å². The van der Waals surface area contributed by atoms with Crippen molar-refractivity contribution in [2.45, 2.75) is 19.4 Å². The van der Waals surface area contributed by atoms with Crippen LogP contribution in [0.15, 0.2) is 30.3 Å². The molecule has 98 valence electrons. The van der Waals surface area contributed by atoms with Crippen LogP contribution in [0.1, 0.15) is 12.5 Å². The number of amides is 2. The molecule has 0 fully saturated rings. The van der Waals surface area contributed by atoms with Crippen LogP contribution in [0.4, 0.5) is 0 Å². The van der Waals surface area contributed by atoms with Gasteiger partial charge in [-0.25, -0.2) is 0 Å². The number of benzene rings is 1. The van der Waals surface area contributed by atoms with Crippen molar-refractivity contribution >= 4 is 11.8 Å². The van der Waals surface area contributed by atoms with E-state index < -0.39 is 11.9 Å². The van der Waals surface area contributed by atoms with Gasteiger partial charge in [0.1, 0.15) is 12.6 Å². The van der Waals surface area contributed by atoms with E-state index in [-0.39, 0.29) is 12.5 Å². The van der Waals surface area contributed by atoms with Gasteiger partial charge >= 0.3 is 0 Å². The lowest BCUT2D eigenvalue weighted by atomic mass is 10.1. The first-order chi connectivity index (χ1) is 8.63. The second kappa shape index (κ2) is 7.45. The number of nitrogens with two attached hydrogens (primary N) is 1. The molecule has 1 aromatic carbocycles. The van der Waals surface area contributed by atoms with Gasteiger partial charge in [-0.15, -0.1) is 0 Å². The third kappa shape index (κ3) is 4.97. The lowest BCUT2D eigenvalue weighted by Gasteiger charge is -2.15. The molecule has 0 aliphatic heterocycles. The van der Waals surface area contributed by atoms with Gasteiger partial charge in [0.15, 0.2) is 0 Å². The van der Waals surface area contributed by atoms with Crippen LogP contribution in [0.25, 0.3) is 0 Å². The molecular formula is C13H18N2O3. The number of rotatable bonds is 7. The van der Waals surface area contributed by atoms with E-state index in [0.717, 1.165) is 5.56 Å². The van der Waals surface area contributed by atoms with Crippen LogP contribution in [0.3, 0.4) is 0 Å². The number of primary amides is 1. The van der Waals surface area contributed by atoms with Crippen molar-refractivity contribution in [3.8, 4) is 0 Å². The van der Waals surface area contributed by atoms with Gasteiger partial charge in [-0.3, -0.25) is 9.59 Å². The van der Waals surface area contributed by atoms with Gasteiger partial charge in [0, 0.05) is 13.0 Å². The molecule has 2 amide bonds. The summed E-state index contributed by atoms with van der Waals surface area (Å²) in [6.45, 7) is 2.19. The Bertz CT molecular complexity index is 392. The highest BCUT2D eigenvalue weighted by atomic mass is 16.5. The summed E-state index contributed by atoms with van der Waals surface area (Å²) in [5.41, 5.74) is 6.21. The molecule has 0 aliphatic rings. The molecule has 18 heavy (non-hydrogen) atoms. The van der Waals surface area contributed by atoms with Crippen molar-refractivity contribution in [1.82, 2.24) is 5.32 Å². The predicted octanol–water partition coefficient (Wildman–Crippen LogP) is 0.236. The first-order valence-corrected chi connectivity index (χ1v) is 5.83. The van der Waals surface area contributed by atoms with E-state index in [1.54, 1.807) is 6.92 Å². The van der Waals surface area contributed by atoms with Crippen LogP contribution < -0.4 is 11.1 Å². The van der Waals surface area contributed by atoms with Crippen LogP contribution in [-0.2, 0) is 20.7 Å². The lowest BCUT2D eigenvalue weighted by molar-refractivity contribution is -0.130. The zero-order chi connectivity index (χ0) is 13.4. The summed E-state index contributed by atoms with van der Waals surface area (Å²) in [5.74, 6) is -0.889. The average Bonchev–Trinajstić information content (AvgIpc) is 2.36. The largest absolute Gasteiger partial charge is 0.372 e. The maximum atomic E-state index is 11.5. The Labute approximate surface area is 106 Å². The van der Waals surface area contributed by atoms with Crippen LogP contribution in [0.2, 0.25) is 0 Å². The standard InChI is InChI=1S/C13H18N2O3/c1-2-18-9-12(16)15-11(13(14)17)8-10-6-4-3-5-7-10/h3-7,11H,2,8-9H2,1H3,(H2,14,17)(H,15,16)/t11-/m1/s1. The summed E-state index contributed by atoms with van der Waals surface area (Å²) in [6, 6.07) is 8.68. The fraction of sp³-hybridized carbons (Fsp3) is 0.385. The molecule has 0 bridgehead atoms. The van der Waals surface area contributed by atoms with Gasteiger partial charge in [-0.2, -0.15) is 0 Å². The molecule has 0 spiro atoms. The molecule has 0 aliphatic carbocycles. The molecule has 1 atom stereocenters. The van der Waals surface area contributed by atoms with E-state index in [9.17, 15) is 9.59 Å². The zero-order valence-electron chi connectivity index (χ0n) is 10.4. The van der Waals surface area contributed by atoms with E-state index in [2.05, 4.69) is 5.32 Å². The Hall–Kier alpha value is -1.88. The molecule has 5 heteroatoms. The molecular weight excluding hydrogens is 232 g/mol. The summed E-state index contributed by atoms with van der Waals surface area (Å²) in [7, 11) is 0. The Morgan fingerprint density at radius 2 is 2.00 bits per heavy atom. The summed E-state index contributed by atoms with van der Waals surface area (Å²) in [5, 5.41) is 2.56. The fourth-order valence-corrected chi connectivity index (χ4v) is 1.50. The van der Waals surface area contributed by atoms with E-state index in [1.807, 2.05) is 30.3 Å². The first kappa shape index (κ1) is 14.2. The Morgan fingerprint density at radius 3 is 2.56 bits per heavy atom. The Kier molecular flexibility index (Phi) is 5.87. The summed E-state index contributed by atoms with van der Waals surface area (Å²) in [4.78, 5) is 22.7. The SMILES string of the molecule is CCOCC(=O)N[C@H](Cc1ccccc1)C(N)=O. The van der Waals surface area contributed by atoms with Gasteiger partial charge in [0.25, 0.3) is 0 Å². The lowest BCUT2D eigenvalue weighted by Crippen LogP contribution is -2.47. The number of carbonyl (C=O) groups is 2. The third-order valence-corrected chi connectivity index (χ3v) is 2.40. The molecule has 1 rings (SSSR count). The molecule has 1 aromatic rings. The maximum Gasteiger partial charge on any atom is 0.246 e. The van der Waals surface area contributed by atoms with Gasteiger partial charge in [-0.05, 0) is 12.5 Å². The predicted molar refractivity (Wildman–Crippen MR) is 67.8 cm³/mol. The molecule has 0 saturated carbocycles. The van der Waals surface area contributed by atoms with Crippen molar-refractivity contribution in [2.24, 2.45) is 5.73 Å². The molecule has 3 N–H and O–H groups in total. The van der Waals surface area contributed by atoms with Gasteiger partial charge in [0.05, 0.1) is 0 Å². The normalized spacial score (nSPS) is 11.8. The molecule has 0 heterocycles. The smallest absolute Gasteiger partial charge is 0.246 e. The van der Waals surface area contributed by atoms with Crippen LogP contribution >= 0.6 is 0 Å². The molecule has 0 unspecified atom stereocenters. The highest BCUT2D eigenvalue weighted by Gasteiger charge is 2.18. The minimum absolute atomic E-state index is 0.0604. The molecule has 5 nitrogen and oxygen atoms in total. The van der Waals surface area contributed by atoms with Crippen molar-refractivity contribution < 1.29 is 14.3 Å². The first-order valence-electron chi connectivity index (χ1n) is 5.83. The number of nitrogens with one attached hydrogen (secondary N) is 1. The number of carbonyl (C=O) groups excluding carboxylic acids is 2. The fourth-order valence-electron chi connectivity index (χ4n) is 1.50. The monoisotopic (exact) mass is 250 g/mol. The topological polar surface area (TPSA) is 81.4 Å². The second-order valence-electron chi connectivity index (χ2n) is 3.85. The highest BCUT2D eigenvalue weighted by molar-refractivity contribution is 5.87. The van der Waals surface area contributed by atoms with E-state index in [1.165, 1.54) is 0 Å².